The molecule has 0 heterocycles. The molecule has 0 radical (unpaired) electrons. The van der Waals surface area contributed by atoms with Crippen LogP contribution in [0.1, 0.15) is 18.4 Å². The summed E-state index contributed by atoms with van der Waals surface area (Å²) in [6.45, 7) is 0. The van der Waals surface area contributed by atoms with E-state index in [1.807, 2.05) is 42.5 Å². The van der Waals surface area contributed by atoms with Crippen LogP contribution in [0.2, 0.25) is 0 Å². The lowest BCUT2D eigenvalue weighted by Crippen LogP contribution is -2.60. The van der Waals surface area contributed by atoms with E-state index < -0.39 is 23.4 Å². The number of hydrogen-bond acceptors (Lipinski definition) is 3. The number of carboxylic acid groups (broad SMARTS) is 2. The maximum absolute atomic E-state index is 11.8. The van der Waals surface area contributed by atoms with Gasteiger partial charge in [0.05, 0.1) is 5.92 Å². The lowest BCUT2D eigenvalue weighted by molar-refractivity contribution is -0.155. The van der Waals surface area contributed by atoms with Crippen LogP contribution in [0.15, 0.2) is 42.5 Å². The summed E-state index contributed by atoms with van der Waals surface area (Å²) in [5.74, 6) is -2.74. The van der Waals surface area contributed by atoms with Crippen molar-refractivity contribution in [2.75, 3.05) is 0 Å². The third-order valence-corrected chi connectivity index (χ3v) is 4.98. The number of fused-ring (bicyclic) bond motifs is 1. The van der Waals surface area contributed by atoms with Crippen molar-refractivity contribution < 1.29 is 19.8 Å². The highest BCUT2D eigenvalue weighted by atomic mass is 16.4. The Balaban J connectivity index is 1.91. The first kappa shape index (κ1) is 15.5. The van der Waals surface area contributed by atoms with Crippen molar-refractivity contribution in [3.05, 3.63) is 48.0 Å². The molecule has 1 aliphatic rings. The molecule has 0 saturated heterocycles. The van der Waals surface area contributed by atoms with E-state index in [2.05, 4.69) is 0 Å². The molecule has 5 heteroatoms. The molecular formula is C18H19NO4. The molecule has 120 valence electrons. The Morgan fingerprint density at radius 3 is 2.39 bits per heavy atom. The molecule has 1 fully saturated rings. The molecule has 5 nitrogen and oxygen atoms in total. The first-order valence-electron chi connectivity index (χ1n) is 7.63. The number of rotatable bonds is 5. The summed E-state index contributed by atoms with van der Waals surface area (Å²) in [5.41, 5.74) is 5.69. The van der Waals surface area contributed by atoms with Gasteiger partial charge in [0.1, 0.15) is 5.54 Å². The summed E-state index contributed by atoms with van der Waals surface area (Å²) < 4.78 is 0. The second kappa shape index (κ2) is 5.66. The van der Waals surface area contributed by atoms with Crippen LogP contribution in [0.4, 0.5) is 0 Å². The molecule has 1 aliphatic carbocycles. The second-order valence-electron chi connectivity index (χ2n) is 6.36. The Kier molecular flexibility index (Phi) is 3.82. The molecule has 0 aromatic heterocycles. The van der Waals surface area contributed by atoms with E-state index in [4.69, 9.17) is 10.8 Å². The highest BCUT2D eigenvalue weighted by Crippen LogP contribution is 2.42. The van der Waals surface area contributed by atoms with Gasteiger partial charge in [-0.05, 0) is 35.1 Å². The quantitative estimate of drug-likeness (QED) is 0.786. The summed E-state index contributed by atoms with van der Waals surface area (Å²) in [6.07, 6.45) is 0.840. The zero-order valence-electron chi connectivity index (χ0n) is 12.6. The van der Waals surface area contributed by atoms with Crippen molar-refractivity contribution in [2.45, 2.75) is 24.8 Å². The number of hydrogen-bond donors (Lipinski definition) is 3. The predicted octanol–water partition coefficient (Wildman–Crippen LogP) is 2.28. The van der Waals surface area contributed by atoms with Gasteiger partial charge in [-0.2, -0.15) is 0 Å². The SMILES string of the molecule is NC(Cc1cccc2ccccc12)(C(=O)O)C1CC(C(=O)O)C1. The van der Waals surface area contributed by atoms with Gasteiger partial charge in [0.25, 0.3) is 0 Å². The van der Waals surface area contributed by atoms with E-state index in [9.17, 15) is 14.7 Å². The zero-order chi connectivity index (χ0) is 16.6. The Bertz CT molecular complexity index is 761. The van der Waals surface area contributed by atoms with E-state index in [1.165, 1.54) is 0 Å². The minimum absolute atomic E-state index is 0.195. The lowest BCUT2D eigenvalue weighted by atomic mass is 9.63. The fraction of sp³-hybridized carbons (Fsp3) is 0.333. The van der Waals surface area contributed by atoms with Gasteiger partial charge in [-0.1, -0.05) is 42.5 Å². The summed E-state index contributed by atoms with van der Waals surface area (Å²) in [5, 5.41) is 20.7. The van der Waals surface area contributed by atoms with Gasteiger partial charge in [0.15, 0.2) is 0 Å². The molecular weight excluding hydrogens is 294 g/mol. The van der Waals surface area contributed by atoms with E-state index in [-0.39, 0.29) is 12.3 Å². The van der Waals surface area contributed by atoms with Gasteiger partial charge in [-0.3, -0.25) is 9.59 Å². The van der Waals surface area contributed by atoms with Crippen molar-refractivity contribution in [3.8, 4) is 0 Å². The van der Waals surface area contributed by atoms with Crippen LogP contribution >= 0.6 is 0 Å². The number of carbonyl (C=O) groups is 2. The Morgan fingerprint density at radius 1 is 1.09 bits per heavy atom. The molecule has 0 bridgehead atoms. The topological polar surface area (TPSA) is 101 Å². The molecule has 0 spiro atoms. The van der Waals surface area contributed by atoms with Crippen LogP contribution < -0.4 is 5.73 Å². The van der Waals surface area contributed by atoms with Crippen LogP contribution in [0, 0.1) is 11.8 Å². The lowest BCUT2D eigenvalue weighted by Gasteiger charge is -2.43. The minimum Gasteiger partial charge on any atom is -0.481 e. The highest BCUT2D eigenvalue weighted by Gasteiger charge is 2.50. The molecule has 4 N–H and O–H groups in total. The van der Waals surface area contributed by atoms with Gasteiger partial charge >= 0.3 is 11.9 Å². The smallest absolute Gasteiger partial charge is 0.324 e. The summed E-state index contributed by atoms with van der Waals surface area (Å²) in [7, 11) is 0. The maximum Gasteiger partial charge on any atom is 0.324 e. The highest BCUT2D eigenvalue weighted by molar-refractivity contribution is 5.87. The van der Waals surface area contributed by atoms with Gasteiger partial charge in [0.2, 0.25) is 0 Å². The van der Waals surface area contributed by atoms with Crippen molar-refractivity contribution >= 4 is 22.7 Å². The fourth-order valence-electron chi connectivity index (χ4n) is 3.40. The molecule has 1 unspecified atom stereocenters. The Hall–Kier alpha value is -2.40. The average Bonchev–Trinajstić information content (AvgIpc) is 2.45. The number of nitrogens with two attached hydrogens (primary N) is 1. The van der Waals surface area contributed by atoms with E-state index in [1.54, 1.807) is 0 Å². The van der Waals surface area contributed by atoms with Gasteiger partial charge in [-0.15, -0.1) is 0 Å². The summed E-state index contributed by atoms with van der Waals surface area (Å²) in [4.78, 5) is 22.8. The van der Waals surface area contributed by atoms with Crippen molar-refractivity contribution in [1.82, 2.24) is 0 Å². The van der Waals surface area contributed by atoms with E-state index in [0.717, 1.165) is 16.3 Å². The minimum atomic E-state index is -1.43. The first-order valence-corrected chi connectivity index (χ1v) is 7.63. The van der Waals surface area contributed by atoms with E-state index in [0.29, 0.717) is 12.8 Å². The van der Waals surface area contributed by atoms with Crippen molar-refractivity contribution in [3.63, 3.8) is 0 Å². The third-order valence-electron chi connectivity index (χ3n) is 4.98. The van der Waals surface area contributed by atoms with Gasteiger partial charge < -0.3 is 15.9 Å². The van der Waals surface area contributed by atoms with Crippen LogP contribution in [0.25, 0.3) is 10.8 Å². The molecule has 23 heavy (non-hydrogen) atoms. The number of aliphatic carboxylic acids is 2. The van der Waals surface area contributed by atoms with Crippen molar-refractivity contribution in [2.24, 2.45) is 17.6 Å². The maximum atomic E-state index is 11.8. The molecule has 1 atom stereocenters. The molecule has 0 aliphatic heterocycles. The van der Waals surface area contributed by atoms with Crippen LogP contribution in [0.5, 0.6) is 0 Å². The summed E-state index contributed by atoms with van der Waals surface area (Å²) >= 11 is 0. The summed E-state index contributed by atoms with van der Waals surface area (Å²) in [6, 6.07) is 13.5. The molecule has 2 aromatic carbocycles. The Labute approximate surface area is 133 Å². The number of benzene rings is 2. The Morgan fingerprint density at radius 2 is 1.74 bits per heavy atom. The van der Waals surface area contributed by atoms with Crippen molar-refractivity contribution in [1.29, 1.82) is 0 Å². The predicted molar refractivity (Wildman–Crippen MR) is 86.1 cm³/mol. The van der Waals surface area contributed by atoms with Gasteiger partial charge in [0, 0.05) is 6.42 Å². The monoisotopic (exact) mass is 313 g/mol. The van der Waals surface area contributed by atoms with Gasteiger partial charge in [-0.25, -0.2) is 0 Å². The standard InChI is InChI=1S/C18H19NO4/c19-18(17(22)23,14-8-13(9-14)16(20)21)10-12-6-3-5-11-4-1-2-7-15(11)12/h1-7,13-14H,8-10,19H2,(H,20,21)(H,22,23). The zero-order valence-corrected chi connectivity index (χ0v) is 12.6. The first-order chi connectivity index (χ1) is 10.9. The van der Waals surface area contributed by atoms with Crippen LogP contribution in [-0.4, -0.2) is 27.7 Å². The van der Waals surface area contributed by atoms with Crippen LogP contribution in [0.3, 0.4) is 0 Å². The molecule has 0 amide bonds. The number of carboxylic acids is 2. The second-order valence-corrected chi connectivity index (χ2v) is 6.36. The largest absolute Gasteiger partial charge is 0.481 e. The molecule has 2 aromatic rings. The molecule has 1 saturated carbocycles. The fourth-order valence-corrected chi connectivity index (χ4v) is 3.40. The van der Waals surface area contributed by atoms with Crippen LogP contribution in [-0.2, 0) is 16.0 Å². The third kappa shape index (κ3) is 2.68. The normalized spacial score (nSPS) is 23.0. The van der Waals surface area contributed by atoms with E-state index >= 15 is 0 Å². The average molecular weight is 313 g/mol. The molecule has 3 rings (SSSR count).